The summed E-state index contributed by atoms with van der Waals surface area (Å²) in [5.74, 6) is 0.370. The van der Waals surface area contributed by atoms with Gasteiger partial charge in [0.2, 0.25) is 0 Å². The van der Waals surface area contributed by atoms with Gasteiger partial charge in [0, 0.05) is 0 Å². The van der Waals surface area contributed by atoms with Crippen LogP contribution >= 0.6 is 0 Å². The summed E-state index contributed by atoms with van der Waals surface area (Å²) >= 11 is 0. The number of hydrogen-bond acceptors (Lipinski definition) is 4. The molecule has 2 fully saturated rings. The molecule has 108 valence electrons. The van der Waals surface area contributed by atoms with E-state index < -0.39 is 15.9 Å². The summed E-state index contributed by atoms with van der Waals surface area (Å²) in [6, 6.07) is 7.61. The molecule has 1 aliphatic carbocycles. The average Bonchev–Trinajstić information content (AvgIpc) is 3.01. The maximum absolute atomic E-state index is 12.2. The quantitative estimate of drug-likeness (QED) is 0.868. The van der Waals surface area contributed by atoms with Gasteiger partial charge in [0.05, 0.1) is 10.9 Å². The van der Waals surface area contributed by atoms with Crippen LogP contribution < -0.4 is 10.0 Å². The molecule has 1 aromatic rings. The topological polar surface area (TPSA) is 75.3 Å². The van der Waals surface area contributed by atoms with Gasteiger partial charge in [-0.2, -0.15) is 0 Å². The highest BCUT2D eigenvalue weighted by molar-refractivity contribution is 7.90. The third kappa shape index (κ3) is 2.45. The molecular weight excluding hydrogens is 276 g/mol. The van der Waals surface area contributed by atoms with Crippen LogP contribution in [0.15, 0.2) is 35.2 Å². The lowest BCUT2D eigenvalue weighted by atomic mass is 9.94. The molecule has 0 radical (unpaired) electrons. The second-order valence-corrected chi connectivity index (χ2v) is 7.21. The molecule has 5 nitrogen and oxygen atoms in total. The van der Waals surface area contributed by atoms with Gasteiger partial charge in [-0.1, -0.05) is 24.6 Å². The molecule has 2 N–H and O–H groups in total. The molecule has 1 aromatic carbocycles. The Morgan fingerprint density at radius 3 is 2.70 bits per heavy atom. The van der Waals surface area contributed by atoms with Crippen molar-refractivity contribution in [3.05, 3.63) is 30.3 Å². The van der Waals surface area contributed by atoms with E-state index in [1.165, 1.54) is 12.1 Å². The number of carbonyl (C=O) groups excluding carboxylic acids is 1. The van der Waals surface area contributed by atoms with Crippen molar-refractivity contribution < 1.29 is 13.2 Å². The number of amides is 1. The van der Waals surface area contributed by atoms with Crippen molar-refractivity contribution in [1.82, 2.24) is 10.0 Å². The highest BCUT2D eigenvalue weighted by Gasteiger charge is 2.43. The van der Waals surface area contributed by atoms with Crippen LogP contribution in [-0.4, -0.2) is 26.9 Å². The first-order chi connectivity index (χ1) is 9.58. The standard InChI is InChI=1S/C14H18N2O3S/c17-14(13-12-8-4-5-10(12)9-15-13)16-20(18,19)11-6-2-1-3-7-11/h1-3,6-7,10,12-13,15H,4-5,8-9H2,(H,16,17). The summed E-state index contributed by atoms with van der Waals surface area (Å²) in [7, 11) is -3.77. The number of hydrogen-bond donors (Lipinski definition) is 2. The smallest absolute Gasteiger partial charge is 0.264 e. The third-order valence-corrected chi connectivity index (χ3v) is 5.68. The van der Waals surface area contributed by atoms with E-state index >= 15 is 0 Å². The summed E-state index contributed by atoms with van der Waals surface area (Å²) in [4.78, 5) is 12.3. The number of carbonyl (C=O) groups is 1. The van der Waals surface area contributed by atoms with Crippen LogP contribution in [-0.2, 0) is 14.8 Å². The van der Waals surface area contributed by atoms with Crippen molar-refractivity contribution in [1.29, 1.82) is 0 Å². The molecule has 1 heterocycles. The van der Waals surface area contributed by atoms with E-state index in [1.54, 1.807) is 18.2 Å². The zero-order valence-corrected chi connectivity index (χ0v) is 11.9. The van der Waals surface area contributed by atoms with Crippen LogP contribution in [0.2, 0.25) is 0 Å². The van der Waals surface area contributed by atoms with Gasteiger partial charge in [-0.05, 0) is 43.4 Å². The van der Waals surface area contributed by atoms with Crippen molar-refractivity contribution in [2.45, 2.75) is 30.2 Å². The Morgan fingerprint density at radius 1 is 1.20 bits per heavy atom. The van der Waals surface area contributed by atoms with Crippen LogP contribution in [0.5, 0.6) is 0 Å². The predicted octanol–water partition coefficient (Wildman–Crippen LogP) is 0.880. The highest BCUT2D eigenvalue weighted by atomic mass is 32.2. The molecule has 0 bridgehead atoms. The molecule has 3 atom stereocenters. The van der Waals surface area contributed by atoms with E-state index in [0.29, 0.717) is 5.92 Å². The van der Waals surface area contributed by atoms with Crippen molar-refractivity contribution in [2.75, 3.05) is 6.54 Å². The molecular formula is C14H18N2O3S. The fourth-order valence-corrected chi connectivity index (χ4v) is 4.35. The molecule has 0 aromatic heterocycles. The second kappa shape index (κ2) is 5.18. The Hall–Kier alpha value is -1.40. The van der Waals surface area contributed by atoms with Crippen LogP contribution in [0.25, 0.3) is 0 Å². The first kappa shape index (κ1) is 13.6. The number of fused-ring (bicyclic) bond motifs is 1. The zero-order valence-electron chi connectivity index (χ0n) is 11.1. The Kier molecular flexibility index (Phi) is 3.52. The second-order valence-electron chi connectivity index (χ2n) is 5.52. The summed E-state index contributed by atoms with van der Waals surface area (Å²) in [5.41, 5.74) is 0. The highest BCUT2D eigenvalue weighted by Crippen LogP contribution is 2.37. The van der Waals surface area contributed by atoms with E-state index in [4.69, 9.17) is 0 Å². The minimum Gasteiger partial charge on any atom is -0.305 e. The number of sulfonamides is 1. The zero-order chi connectivity index (χ0) is 14.2. The molecule has 3 unspecified atom stereocenters. The van der Waals surface area contributed by atoms with Crippen LogP contribution in [0.3, 0.4) is 0 Å². The number of benzene rings is 1. The van der Waals surface area contributed by atoms with Crippen molar-refractivity contribution >= 4 is 15.9 Å². The lowest BCUT2D eigenvalue weighted by molar-refractivity contribution is -0.122. The van der Waals surface area contributed by atoms with Gasteiger partial charge in [0.1, 0.15) is 0 Å². The average molecular weight is 294 g/mol. The van der Waals surface area contributed by atoms with Gasteiger partial charge < -0.3 is 5.32 Å². The van der Waals surface area contributed by atoms with Crippen molar-refractivity contribution in [3.63, 3.8) is 0 Å². The lowest BCUT2D eigenvalue weighted by Gasteiger charge is -2.17. The molecule has 6 heteroatoms. The molecule has 1 aliphatic heterocycles. The van der Waals surface area contributed by atoms with Crippen LogP contribution in [0, 0.1) is 11.8 Å². The molecule has 3 rings (SSSR count). The summed E-state index contributed by atoms with van der Waals surface area (Å²) in [6.07, 6.45) is 3.26. The Bertz CT molecular complexity index is 600. The molecule has 20 heavy (non-hydrogen) atoms. The first-order valence-electron chi connectivity index (χ1n) is 6.93. The minimum atomic E-state index is -3.77. The Balaban J connectivity index is 1.73. The SMILES string of the molecule is O=C(NS(=O)(=O)c1ccccc1)C1NCC2CCCC21. The minimum absolute atomic E-state index is 0.120. The van der Waals surface area contributed by atoms with Gasteiger partial charge in [0.25, 0.3) is 15.9 Å². The molecule has 1 saturated carbocycles. The van der Waals surface area contributed by atoms with Gasteiger partial charge in [-0.3, -0.25) is 4.79 Å². The largest absolute Gasteiger partial charge is 0.305 e. The molecule has 2 aliphatic rings. The van der Waals surface area contributed by atoms with E-state index in [1.807, 2.05) is 0 Å². The maximum atomic E-state index is 12.2. The monoisotopic (exact) mass is 294 g/mol. The van der Waals surface area contributed by atoms with E-state index in [-0.39, 0.29) is 16.9 Å². The lowest BCUT2D eigenvalue weighted by Crippen LogP contribution is -2.46. The van der Waals surface area contributed by atoms with Gasteiger partial charge in [-0.25, -0.2) is 13.1 Å². The summed E-state index contributed by atoms with van der Waals surface area (Å²) in [6.45, 7) is 0.814. The van der Waals surface area contributed by atoms with Gasteiger partial charge >= 0.3 is 0 Å². The Morgan fingerprint density at radius 2 is 1.95 bits per heavy atom. The fourth-order valence-electron chi connectivity index (χ4n) is 3.33. The van der Waals surface area contributed by atoms with E-state index in [0.717, 1.165) is 25.8 Å². The normalized spacial score (nSPS) is 29.1. The fraction of sp³-hybridized carbons (Fsp3) is 0.500. The summed E-state index contributed by atoms with van der Waals surface area (Å²) < 4.78 is 26.5. The van der Waals surface area contributed by atoms with E-state index in [2.05, 4.69) is 10.0 Å². The van der Waals surface area contributed by atoms with Crippen LogP contribution in [0.4, 0.5) is 0 Å². The summed E-state index contributed by atoms with van der Waals surface area (Å²) in [5, 5.41) is 3.16. The number of rotatable bonds is 3. The molecule has 1 saturated heterocycles. The predicted molar refractivity (Wildman–Crippen MR) is 74.4 cm³/mol. The van der Waals surface area contributed by atoms with Gasteiger partial charge in [0.15, 0.2) is 0 Å². The van der Waals surface area contributed by atoms with E-state index in [9.17, 15) is 13.2 Å². The van der Waals surface area contributed by atoms with Crippen LogP contribution in [0.1, 0.15) is 19.3 Å². The van der Waals surface area contributed by atoms with Crippen molar-refractivity contribution in [2.24, 2.45) is 11.8 Å². The molecule has 0 spiro atoms. The maximum Gasteiger partial charge on any atom is 0.264 e. The van der Waals surface area contributed by atoms with Gasteiger partial charge in [-0.15, -0.1) is 0 Å². The Labute approximate surface area is 118 Å². The number of nitrogens with one attached hydrogen (secondary N) is 2. The first-order valence-corrected chi connectivity index (χ1v) is 8.41. The molecule has 1 amide bonds. The third-order valence-electron chi connectivity index (χ3n) is 4.32. The van der Waals surface area contributed by atoms with Crippen molar-refractivity contribution in [3.8, 4) is 0 Å².